The van der Waals surface area contributed by atoms with E-state index in [4.69, 9.17) is 13.9 Å². The van der Waals surface area contributed by atoms with Crippen molar-refractivity contribution in [1.82, 2.24) is 20.9 Å². The lowest BCUT2D eigenvalue weighted by Gasteiger charge is -2.19. The van der Waals surface area contributed by atoms with Gasteiger partial charge in [0.25, 0.3) is 0 Å². The molecule has 1 amide bonds. The van der Waals surface area contributed by atoms with Crippen LogP contribution in [0.2, 0.25) is 0 Å². The molecule has 1 unspecified atom stereocenters. The molecule has 0 radical (unpaired) electrons. The molecular weight excluding hydrogens is 525 g/mol. The molecular formula is C22H32IN5O4. The zero-order valence-corrected chi connectivity index (χ0v) is 21.1. The van der Waals surface area contributed by atoms with Gasteiger partial charge in [-0.15, -0.1) is 24.0 Å². The number of rotatable bonds is 9. The predicted molar refractivity (Wildman–Crippen MR) is 134 cm³/mol. The highest BCUT2D eigenvalue weighted by Gasteiger charge is 2.23. The smallest absolute Gasteiger partial charge is 0.239 e. The van der Waals surface area contributed by atoms with E-state index < -0.39 is 0 Å². The highest BCUT2D eigenvalue weighted by molar-refractivity contribution is 14.0. The van der Waals surface area contributed by atoms with Crippen LogP contribution in [-0.2, 0) is 17.9 Å². The molecule has 1 aromatic carbocycles. The lowest BCUT2D eigenvalue weighted by molar-refractivity contribution is -0.120. The van der Waals surface area contributed by atoms with Gasteiger partial charge in [-0.2, -0.15) is 0 Å². The summed E-state index contributed by atoms with van der Waals surface area (Å²) in [6.45, 7) is 3.17. The first-order valence-electron chi connectivity index (χ1n) is 10.3. The van der Waals surface area contributed by atoms with Gasteiger partial charge in [0.05, 0.1) is 33.6 Å². The molecule has 1 aliphatic heterocycles. The number of aliphatic imine (C=N–C) groups is 1. The molecule has 176 valence electrons. The van der Waals surface area contributed by atoms with Crippen LogP contribution in [0, 0.1) is 0 Å². The number of furan rings is 1. The number of benzene rings is 1. The average Bonchev–Trinajstić information content (AvgIpc) is 3.46. The van der Waals surface area contributed by atoms with Gasteiger partial charge in [-0.3, -0.25) is 14.7 Å². The molecule has 3 N–H and O–H groups in total. The number of nitrogens with zero attached hydrogens (tertiary/aromatic N) is 2. The highest BCUT2D eigenvalue weighted by Crippen LogP contribution is 2.24. The molecule has 3 rings (SSSR count). The Labute approximate surface area is 205 Å². The van der Waals surface area contributed by atoms with E-state index in [1.54, 1.807) is 33.6 Å². The molecule has 0 bridgehead atoms. The number of carbonyl (C=O) groups excluding carboxylic acids is 1. The van der Waals surface area contributed by atoms with Crippen molar-refractivity contribution in [3.63, 3.8) is 0 Å². The molecule has 2 aromatic rings. The molecule has 10 heteroatoms. The van der Waals surface area contributed by atoms with Gasteiger partial charge in [0.15, 0.2) is 5.96 Å². The lowest BCUT2D eigenvalue weighted by Crippen LogP contribution is -2.47. The Morgan fingerprint density at radius 1 is 1.22 bits per heavy atom. The minimum absolute atomic E-state index is 0. The van der Waals surface area contributed by atoms with E-state index in [-0.39, 0.29) is 42.5 Å². The Morgan fingerprint density at radius 2 is 1.97 bits per heavy atom. The summed E-state index contributed by atoms with van der Waals surface area (Å²) < 4.78 is 15.9. The van der Waals surface area contributed by atoms with Crippen molar-refractivity contribution in [2.24, 2.45) is 4.99 Å². The van der Waals surface area contributed by atoms with Gasteiger partial charge in [0, 0.05) is 38.8 Å². The normalized spacial score (nSPS) is 16.2. The summed E-state index contributed by atoms with van der Waals surface area (Å²) in [4.78, 5) is 18.6. The number of halogens is 1. The molecule has 0 aliphatic carbocycles. The summed E-state index contributed by atoms with van der Waals surface area (Å²) in [6, 6.07) is 9.81. The first-order chi connectivity index (χ1) is 15.1. The van der Waals surface area contributed by atoms with E-state index in [0.717, 1.165) is 48.9 Å². The Kier molecular flexibility index (Phi) is 10.6. The third kappa shape index (κ3) is 7.90. The third-order valence-corrected chi connectivity index (χ3v) is 5.11. The Bertz CT molecular complexity index is 853. The fourth-order valence-corrected chi connectivity index (χ4v) is 3.52. The van der Waals surface area contributed by atoms with Crippen molar-refractivity contribution < 1.29 is 18.7 Å². The Hall–Kier alpha value is -2.47. The van der Waals surface area contributed by atoms with Crippen LogP contribution in [0.25, 0.3) is 0 Å². The molecule has 1 fully saturated rings. The molecule has 1 saturated heterocycles. The van der Waals surface area contributed by atoms with E-state index >= 15 is 0 Å². The van der Waals surface area contributed by atoms with Gasteiger partial charge in [-0.25, -0.2) is 0 Å². The first kappa shape index (κ1) is 25.8. The van der Waals surface area contributed by atoms with Crippen LogP contribution in [0.15, 0.2) is 46.0 Å². The second kappa shape index (κ2) is 13.2. The Balaban J connectivity index is 0.00000363. The fraction of sp³-hybridized carbons (Fsp3) is 0.455. The van der Waals surface area contributed by atoms with Crippen molar-refractivity contribution in [2.45, 2.75) is 25.6 Å². The maximum Gasteiger partial charge on any atom is 0.239 e. The lowest BCUT2D eigenvalue weighted by atomic mass is 10.2. The van der Waals surface area contributed by atoms with Gasteiger partial charge >= 0.3 is 0 Å². The summed E-state index contributed by atoms with van der Waals surface area (Å²) in [5, 5.41) is 9.27. The van der Waals surface area contributed by atoms with Crippen molar-refractivity contribution in [3.8, 4) is 11.5 Å². The van der Waals surface area contributed by atoms with Crippen LogP contribution in [0.1, 0.15) is 17.7 Å². The maximum absolute atomic E-state index is 12.0. The zero-order chi connectivity index (χ0) is 22.1. The monoisotopic (exact) mass is 557 g/mol. The van der Waals surface area contributed by atoms with E-state index in [9.17, 15) is 4.79 Å². The first-order valence-corrected chi connectivity index (χ1v) is 10.3. The van der Waals surface area contributed by atoms with E-state index in [2.05, 4.69) is 25.8 Å². The molecule has 0 spiro atoms. The van der Waals surface area contributed by atoms with Crippen LogP contribution in [0.4, 0.5) is 0 Å². The van der Waals surface area contributed by atoms with Crippen LogP contribution in [0.3, 0.4) is 0 Å². The summed E-state index contributed by atoms with van der Waals surface area (Å²) in [5.41, 5.74) is 1.15. The highest BCUT2D eigenvalue weighted by atomic mass is 127. The molecule has 32 heavy (non-hydrogen) atoms. The number of hydrogen-bond donors (Lipinski definition) is 3. The predicted octanol–water partition coefficient (Wildman–Crippen LogP) is 1.97. The van der Waals surface area contributed by atoms with E-state index in [1.165, 1.54) is 0 Å². The number of carbonyl (C=O) groups is 1. The summed E-state index contributed by atoms with van der Waals surface area (Å²) >= 11 is 0. The largest absolute Gasteiger partial charge is 0.497 e. The summed E-state index contributed by atoms with van der Waals surface area (Å²) in [7, 11) is 5.01. The minimum Gasteiger partial charge on any atom is -0.497 e. The van der Waals surface area contributed by atoms with E-state index in [0.29, 0.717) is 12.5 Å². The standard InChI is InChI=1S/C22H31N5O4.HI/c1-23-22(25-13-21(28)24-12-18-5-4-8-31-18)26-17-6-7-27(15-17)14-16-9-19(29-2)11-20(10-16)30-3;/h4-5,8-11,17H,6-7,12-15H2,1-3H3,(H,24,28)(H2,23,25,26);1H. The number of guanidine groups is 1. The van der Waals surface area contributed by atoms with Gasteiger partial charge in [-0.05, 0) is 36.2 Å². The zero-order valence-electron chi connectivity index (χ0n) is 18.7. The number of nitrogens with one attached hydrogen (secondary N) is 3. The quantitative estimate of drug-likeness (QED) is 0.246. The number of likely N-dealkylation sites (tertiary alicyclic amines) is 1. The Morgan fingerprint density at radius 3 is 2.59 bits per heavy atom. The van der Waals surface area contributed by atoms with Gasteiger partial charge in [0.1, 0.15) is 17.3 Å². The average molecular weight is 557 g/mol. The van der Waals surface area contributed by atoms with Crippen molar-refractivity contribution >= 4 is 35.8 Å². The van der Waals surface area contributed by atoms with Gasteiger partial charge < -0.3 is 29.8 Å². The van der Waals surface area contributed by atoms with Crippen molar-refractivity contribution in [3.05, 3.63) is 47.9 Å². The molecule has 1 aliphatic rings. The number of ether oxygens (including phenoxy) is 2. The number of methoxy groups -OCH3 is 2. The van der Waals surface area contributed by atoms with Crippen molar-refractivity contribution in [1.29, 1.82) is 0 Å². The van der Waals surface area contributed by atoms with Gasteiger partial charge in [-0.1, -0.05) is 0 Å². The summed E-state index contributed by atoms with van der Waals surface area (Å²) in [5.74, 6) is 2.79. The topological polar surface area (TPSA) is 100 Å². The fourth-order valence-electron chi connectivity index (χ4n) is 3.52. The molecule has 1 aromatic heterocycles. The van der Waals surface area contributed by atoms with E-state index in [1.807, 2.05) is 24.3 Å². The second-order valence-corrected chi connectivity index (χ2v) is 7.37. The van der Waals surface area contributed by atoms with Crippen molar-refractivity contribution in [2.75, 3.05) is 40.9 Å². The van der Waals surface area contributed by atoms with Crippen LogP contribution in [0.5, 0.6) is 11.5 Å². The number of hydrogen-bond acceptors (Lipinski definition) is 6. The third-order valence-electron chi connectivity index (χ3n) is 5.11. The second-order valence-electron chi connectivity index (χ2n) is 7.37. The molecule has 0 saturated carbocycles. The SMILES string of the molecule is CN=C(NCC(=O)NCc1ccco1)NC1CCN(Cc2cc(OC)cc(OC)c2)C1.I. The van der Waals surface area contributed by atoms with Crippen LogP contribution < -0.4 is 25.4 Å². The summed E-state index contributed by atoms with van der Waals surface area (Å²) in [6.07, 6.45) is 2.58. The molecule has 9 nitrogen and oxygen atoms in total. The minimum atomic E-state index is -0.126. The molecule has 1 atom stereocenters. The maximum atomic E-state index is 12.0. The van der Waals surface area contributed by atoms with Crippen LogP contribution >= 0.6 is 24.0 Å². The molecule has 2 heterocycles. The van der Waals surface area contributed by atoms with Crippen LogP contribution in [-0.4, -0.2) is 63.7 Å². The number of amides is 1. The van der Waals surface area contributed by atoms with Gasteiger partial charge in [0.2, 0.25) is 5.91 Å².